The zero-order chi connectivity index (χ0) is 26.1. The Labute approximate surface area is 215 Å². The van der Waals surface area contributed by atoms with Crippen molar-refractivity contribution in [1.29, 1.82) is 0 Å². The van der Waals surface area contributed by atoms with E-state index in [9.17, 15) is 28.8 Å². The highest BCUT2D eigenvalue weighted by molar-refractivity contribution is 8.76. The molecule has 14 heteroatoms. The zero-order valence-electron chi connectivity index (χ0n) is 19.6. The van der Waals surface area contributed by atoms with Gasteiger partial charge in [0.2, 0.25) is 23.6 Å². The Morgan fingerprint density at radius 1 is 1.11 bits per heavy atom. The number of hydrogen-bond donors (Lipinski definition) is 5. The van der Waals surface area contributed by atoms with Gasteiger partial charge in [0, 0.05) is 17.9 Å². The Morgan fingerprint density at radius 3 is 2.58 bits per heavy atom. The number of hydrogen-bond acceptors (Lipinski definition) is 9. The number of ether oxygens (including phenoxy) is 1. The van der Waals surface area contributed by atoms with Crippen LogP contribution in [-0.2, 0) is 33.5 Å². The quantitative estimate of drug-likeness (QED) is 0.179. The molecule has 0 aromatic heterocycles. The van der Waals surface area contributed by atoms with Crippen LogP contribution in [0, 0.1) is 0 Å². The number of aliphatic carboxylic acids is 1. The van der Waals surface area contributed by atoms with Gasteiger partial charge in [0.25, 0.3) is 0 Å². The van der Waals surface area contributed by atoms with Gasteiger partial charge in [0.05, 0.1) is 6.42 Å². The minimum atomic E-state index is -1.22. The number of fused-ring (bicyclic) bond motifs is 7. The van der Waals surface area contributed by atoms with Crippen LogP contribution in [0.25, 0.3) is 0 Å². The molecule has 1 spiro atoms. The number of carboxylic acids is 1. The van der Waals surface area contributed by atoms with E-state index in [0.29, 0.717) is 31.4 Å². The van der Waals surface area contributed by atoms with Crippen molar-refractivity contribution in [3.8, 4) is 0 Å². The standard InChI is InChI=1S/C22H30N4O8S2/c27-16-10-13-4-1-2-9-35-36-12-15(25-19(31)14(24-16)5-6-17(28)29)20(32)26-22(7-3-8-22)21(33)23-11-18(30)34-13/h1,4,13-15H,2-3,5-12H2,(H,23,33)(H,24,27)(H,25,31)(H,26,32)(H,28,29)/b4-1+/t13-,14+,15-/m0/s1. The maximum Gasteiger partial charge on any atom is 0.326 e. The number of esters is 1. The minimum absolute atomic E-state index is 0.188. The van der Waals surface area contributed by atoms with E-state index in [0.717, 1.165) is 0 Å². The van der Waals surface area contributed by atoms with Crippen molar-refractivity contribution in [3.63, 3.8) is 0 Å². The van der Waals surface area contributed by atoms with E-state index in [4.69, 9.17) is 9.84 Å². The molecule has 12 nitrogen and oxygen atoms in total. The number of carbonyl (C=O) groups excluding carboxylic acids is 5. The SMILES string of the molecule is O=C(O)CC[C@H]1NC(=O)C[C@@H]2/C=C/CCSSC[C@H](NC1=O)C(=O)NC1(CCC1)C(=O)NCC(=O)O2. The van der Waals surface area contributed by atoms with Gasteiger partial charge in [0.15, 0.2) is 0 Å². The summed E-state index contributed by atoms with van der Waals surface area (Å²) < 4.78 is 5.39. The molecule has 3 rings (SSSR count). The summed E-state index contributed by atoms with van der Waals surface area (Å²) in [7, 11) is 2.85. The summed E-state index contributed by atoms with van der Waals surface area (Å²) in [6.45, 7) is -0.435. The fourth-order valence-corrected chi connectivity index (χ4v) is 6.07. The molecule has 0 aromatic carbocycles. The van der Waals surface area contributed by atoms with Crippen LogP contribution in [0.2, 0.25) is 0 Å². The first kappa shape index (κ1) is 27.8. The number of amides is 4. The fourth-order valence-electron chi connectivity index (χ4n) is 3.91. The summed E-state index contributed by atoms with van der Waals surface area (Å²) in [5, 5.41) is 19.5. The molecular formula is C22H30N4O8S2. The molecule has 2 aliphatic heterocycles. The summed E-state index contributed by atoms with van der Waals surface area (Å²) in [6, 6.07) is -2.25. The average molecular weight is 543 g/mol. The molecule has 198 valence electrons. The first-order chi connectivity index (χ1) is 17.2. The Balaban J connectivity index is 1.95. The van der Waals surface area contributed by atoms with Crippen LogP contribution in [0.5, 0.6) is 0 Å². The third-order valence-electron chi connectivity index (χ3n) is 6.04. The van der Waals surface area contributed by atoms with Crippen LogP contribution in [0.1, 0.15) is 44.9 Å². The molecule has 2 fully saturated rings. The summed E-state index contributed by atoms with van der Waals surface area (Å²) in [6.07, 6.45) is 3.59. The van der Waals surface area contributed by atoms with E-state index in [1.54, 1.807) is 12.2 Å². The van der Waals surface area contributed by atoms with Crippen molar-refractivity contribution in [3.05, 3.63) is 12.2 Å². The summed E-state index contributed by atoms with van der Waals surface area (Å²) in [4.78, 5) is 75.5. The summed E-state index contributed by atoms with van der Waals surface area (Å²) >= 11 is 0. The highest BCUT2D eigenvalue weighted by Crippen LogP contribution is 2.32. The predicted octanol–water partition coefficient (Wildman–Crippen LogP) is -0.367. The van der Waals surface area contributed by atoms with Crippen molar-refractivity contribution in [2.24, 2.45) is 0 Å². The fraction of sp³-hybridized carbons (Fsp3) is 0.636. The van der Waals surface area contributed by atoms with E-state index >= 15 is 0 Å². The second kappa shape index (κ2) is 13.0. The Kier molecular flexibility index (Phi) is 10.0. The van der Waals surface area contributed by atoms with Crippen LogP contribution in [0.3, 0.4) is 0 Å². The van der Waals surface area contributed by atoms with Gasteiger partial charge in [-0.15, -0.1) is 0 Å². The van der Waals surface area contributed by atoms with E-state index < -0.39 is 65.8 Å². The van der Waals surface area contributed by atoms with Gasteiger partial charge >= 0.3 is 11.9 Å². The lowest BCUT2D eigenvalue weighted by Crippen LogP contribution is -2.66. The molecule has 3 aliphatic rings. The molecule has 1 saturated carbocycles. The zero-order valence-corrected chi connectivity index (χ0v) is 21.2. The Morgan fingerprint density at radius 2 is 1.89 bits per heavy atom. The Hall–Kier alpha value is -2.74. The third kappa shape index (κ3) is 7.88. The van der Waals surface area contributed by atoms with Gasteiger partial charge in [-0.05, 0) is 38.2 Å². The van der Waals surface area contributed by atoms with Crippen LogP contribution in [0.15, 0.2) is 12.2 Å². The topological polar surface area (TPSA) is 180 Å². The molecule has 1 aliphatic carbocycles. The monoisotopic (exact) mass is 542 g/mol. The second-order valence-corrected chi connectivity index (χ2v) is 11.4. The van der Waals surface area contributed by atoms with E-state index in [-0.39, 0.29) is 25.0 Å². The van der Waals surface area contributed by atoms with E-state index in [1.165, 1.54) is 21.6 Å². The van der Waals surface area contributed by atoms with E-state index in [2.05, 4.69) is 21.3 Å². The molecule has 3 atom stereocenters. The first-order valence-corrected chi connectivity index (χ1v) is 14.2. The van der Waals surface area contributed by atoms with Gasteiger partial charge in [-0.3, -0.25) is 28.8 Å². The van der Waals surface area contributed by atoms with Crippen molar-refractivity contribution < 1.29 is 38.6 Å². The van der Waals surface area contributed by atoms with Crippen molar-refractivity contribution in [2.75, 3.05) is 18.1 Å². The molecule has 0 aromatic rings. The number of allylic oxidation sites excluding steroid dienone is 1. The lowest BCUT2D eigenvalue weighted by molar-refractivity contribution is -0.149. The number of nitrogens with one attached hydrogen (secondary N) is 4. The molecule has 4 amide bonds. The van der Waals surface area contributed by atoms with Gasteiger partial charge < -0.3 is 31.1 Å². The lowest BCUT2D eigenvalue weighted by Gasteiger charge is -2.41. The lowest BCUT2D eigenvalue weighted by atomic mass is 9.75. The highest BCUT2D eigenvalue weighted by Gasteiger charge is 2.46. The highest BCUT2D eigenvalue weighted by atomic mass is 33.1. The van der Waals surface area contributed by atoms with Gasteiger partial charge in [-0.1, -0.05) is 27.7 Å². The molecule has 2 bridgehead atoms. The smallest absolute Gasteiger partial charge is 0.326 e. The van der Waals surface area contributed by atoms with Crippen LogP contribution in [0.4, 0.5) is 0 Å². The van der Waals surface area contributed by atoms with Gasteiger partial charge in [-0.25, -0.2) is 0 Å². The van der Waals surface area contributed by atoms with E-state index in [1.807, 2.05) is 0 Å². The summed E-state index contributed by atoms with van der Waals surface area (Å²) in [5.74, 6) is -3.49. The maximum atomic E-state index is 13.2. The van der Waals surface area contributed by atoms with Gasteiger partial charge in [-0.2, -0.15) is 0 Å². The Bertz CT molecular complexity index is 924. The summed E-state index contributed by atoms with van der Waals surface area (Å²) in [5.41, 5.74) is -1.20. The van der Waals surface area contributed by atoms with Crippen molar-refractivity contribution >= 4 is 57.2 Å². The maximum absolute atomic E-state index is 13.2. The largest absolute Gasteiger partial charge is 0.481 e. The van der Waals surface area contributed by atoms with Crippen molar-refractivity contribution in [2.45, 2.75) is 68.7 Å². The van der Waals surface area contributed by atoms with Gasteiger partial charge in [0.1, 0.15) is 30.3 Å². The van der Waals surface area contributed by atoms with Crippen LogP contribution in [-0.4, -0.2) is 82.5 Å². The number of carbonyl (C=O) groups is 6. The number of carboxylic acid groups (broad SMARTS) is 1. The van der Waals surface area contributed by atoms with Crippen LogP contribution < -0.4 is 21.3 Å². The molecule has 5 N–H and O–H groups in total. The second-order valence-electron chi connectivity index (χ2n) is 8.78. The predicted molar refractivity (Wildman–Crippen MR) is 132 cm³/mol. The molecule has 0 unspecified atom stereocenters. The number of rotatable bonds is 3. The molecule has 1 saturated heterocycles. The third-order valence-corrected chi connectivity index (χ3v) is 8.48. The van der Waals surface area contributed by atoms with Crippen LogP contribution >= 0.6 is 21.6 Å². The molecule has 0 radical (unpaired) electrons. The molecular weight excluding hydrogens is 512 g/mol. The average Bonchev–Trinajstić information content (AvgIpc) is 2.79. The first-order valence-electron chi connectivity index (χ1n) is 11.7. The molecule has 2 heterocycles. The minimum Gasteiger partial charge on any atom is -0.481 e. The normalized spacial score (nSPS) is 28.9. The molecule has 36 heavy (non-hydrogen) atoms. The van der Waals surface area contributed by atoms with Crippen molar-refractivity contribution in [1.82, 2.24) is 21.3 Å².